The molecule has 0 radical (unpaired) electrons. The van der Waals surface area contributed by atoms with Gasteiger partial charge in [0, 0.05) is 0 Å². The zero-order valence-electron chi connectivity index (χ0n) is 5.96. The monoisotopic (exact) mass is 129 g/mol. The molecule has 10 heavy (non-hydrogen) atoms. The van der Waals surface area contributed by atoms with Gasteiger partial charge in [-0.1, -0.05) is 13.0 Å². The summed E-state index contributed by atoms with van der Waals surface area (Å²) < 4.78 is 0. The van der Waals surface area contributed by atoms with Crippen molar-refractivity contribution in [2.45, 2.75) is 6.92 Å². The van der Waals surface area contributed by atoms with Gasteiger partial charge in [-0.2, -0.15) is 12.1 Å². The molecule has 0 spiro atoms. The normalized spacial score (nSPS) is 10.5. The summed E-state index contributed by atoms with van der Waals surface area (Å²) in [5.74, 6) is 0. The van der Waals surface area contributed by atoms with Gasteiger partial charge in [0.05, 0.1) is 0 Å². The van der Waals surface area contributed by atoms with E-state index in [1.54, 1.807) is 0 Å². The minimum absolute atomic E-state index is 1.35. The summed E-state index contributed by atoms with van der Waals surface area (Å²) in [5, 5.41) is 2.72. The standard InChI is InChI=1S/C10H9/c1-8-4-2-5-9-6-3-7-10(8)9/h2-7H,1H3/q-1. The lowest BCUT2D eigenvalue weighted by Crippen LogP contribution is -1.69. The topological polar surface area (TPSA) is 0 Å². The highest BCUT2D eigenvalue weighted by molar-refractivity contribution is 5.86. The third-order valence-electron chi connectivity index (χ3n) is 1.90. The van der Waals surface area contributed by atoms with Crippen LogP contribution in [0.4, 0.5) is 0 Å². The zero-order valence-corrected chi connectivity index (χ0v) is 5.96. The van der Waals surface area contributed by atoms with Gasteiger partial charge in [0.15, 0.2) is 0 Å². The Labute approximate surface area is 60.5 Å². The van der Waals surface area contributed by atoms with Crippen molar-refractivity contribution in [3.05, 3.63) is 42.0 Å². The number of hydrogen-bond donors (Lipinski definition) is 0. The largest absolute Gasteiger partial charge is 0.168 e. The Morgan fingerprint density at radius 1 is 1.20 bits per heavy atom. The molecule has 0 saturated heterocycles. The van der Waals surface area contributed by atoms with Crippen LogP contribution in [0.1, 0.15) is 5.56 Å². The summed E-state index contributed by atoms with van der Waals surface area (Å²) in [6, 6.07) is 12.8. The second-order valence-electron chi connectivity index (χ2n) is 2.60. The Morgan fingerprint density at radius 3 is 2.90 bits per heavy atom. The minimum atomic E-state index is 1.35. The Bertz CT molecular complexity index is 342. The molecule has 0 atom stereocenters. The molecule has 0 heteroatoms. The van der Waals surface area contributed by atoms with Crippen LogP contribution in [-0.4, -0.2) is 0 Å². The maximum Gasteiger partial charge on any atom is -0.0740 e. The van der Waals surface area contributed by atoms with Crippen LogP contribution in [-0.2, 0) is 0 Å². The van der Waals surface area contributed by atoms with Crippen molar-refractivity contribution in [2.75, 3.05) is 0 Å². The van der Waals surface area contributed by atoms with Gasteiger partial charge in [0.25, 0.3) is 0 Å². The molecule has 2 rings (SSSR count). The van der Waals surface area contributed by atoms with E-state index in [-0.39, 0.29) is 0 Å². The third-order valence-corrected chi connectivity index (χ3v) is 1.90. The highest BCUT2D eigenvalue weighted by Crippen LogP contribution is 2.18. The summed E-state index contributed by atoms with van der Waals surface area (Å²) in [6.07, 6.45) is 0. The molecule has 0 bridgehead atoms. The predicted octanol–water partition coefficient (Wildman–Crippen LogP) is 2.87. The molecule has 0 heterocycles. The van der Waals surface area contributed by atoms with Crippen LogP contribution in [0.25, 0.3) is 10.8 Å². The van der Waals surface area contributed by atoms with Crippen LogP contribution >= 0.6 is 0 Å². The van der Waals surface area contributed by atoms with Gasteiger partial charge in [0.1, 0.15) is 0 Å². The molecule has 2 aromatic rings. The van der Waals surface area contributed by atoms with E-state index in [0.717, 1.165) is 0 Å². The van der Waals surface area contributed by atoms with Gasteiger partial charge >= 0.3 is 0 Å². The van der Waals surface area contributed by atoms with E-state index < -0.39 is 0 Å². The van der Waals surface area contributed by atoms with Gasteiger partial charge in [-0.3, -0.25) is 0 Å². The van der Waals surface area contributed by atoms with E-state index in [4.69, 9.17) is 0 Å². The fraction of sp³-hybridized carbons (Fsp3) is 0.100. The van der Waals surface area contributed by atoms with Crippen LogP contribution < -0.4 is 0 Å². The number of aryl methyl sites for hydroxylation is 1. The third kappa shape index (κ3) is 0.655. The Hall–Kier alpha value is -1.17. The number of hydrogen-bond acceptors (Lipinski definition) is 0. The lowest BCUT2D eigenvalue weighted by molar-refractivity contribution is 1.55. The average Bonchev–Trinajstić information content (AvgIpc) is 2.36. The Balaban J connectivity index is 2.95. The molecule has 0 nitrogen and oxygen atoms in total. The van der Waals surface area contributed by atoms with Crippen LogP contribution in [0, 0.1) is 6.92 Å². The maximum atomic E-state index is 2.16. The fourth-order valence-corrected chi connectivity index (χ4v) is 1.32. The molecule has 0 aliphatic heterocycles. The first-order chi connectivity index (χ1) is 4.88. The summed E-state index contributed by atoms with van der Waals surface area (Å²) in [7, 11) is 0. The minimum Gasteiger partial charge on any atom is -0.168 e. The van der Waals surface area contributed by atoms with Gasteiger partial charge < -0.3 is 0 Å². The first kappa shape index (κ1) is 5.60. The van der Waals surface area contributed by atoms with Crippen molar-refractivity contribution < 1.29 is 0 Å². The van der Waals surface area contributed by atoms with E-state index in [0.29, 0.717) is 0 Å². The fourth-order valence-electron chi connectivity index (χ4n) is 1.32. The van der Waals surface area contributed by atoms with E-state index in [2.05, 4.69) is 43.3 Å². The molecule has 0 amide bonds. The summed E-state index contributed by atoms with van der Waals surface area (Å²) >= 11 is 0. The first-order valence-electron chi connectivity index (χ1n) is 3.49. The molecular weight excluding hydrogens is 120 g/mol. The lowest BCUT2D eigenvalue weighted by Gasteiger charge is -2.01. The molecule has 0 aliphatic carbocycles. The molecule has 0 N–H and O–H groups in total. The SMILES string of the molecule is Cc1cccc2cc[cH-]c12. The molecule has 2 aromatic carbocycles. The van der Waals surface area contributed by atoms with Crippen molar-refractivity contribution in [3.63, 3.8) is 0 Å². The van der Waals surface area contributed by atoms with Crippen molar-refractivity contribution in [3.8, 4) is 0 Å². The van der Waals surface area contributed by atoms with Crippen LogP contribution in [0.15, 0.2) is 36.4 Å². The van der Waals surface area contributed by atoms with Crippen LogP contribution in [0.5, 0.6) is 0 Å². The highest BCUT2D eigenvalue weighted by atomic mass is 14.0. The van der Waals surface area contributed by atoms with E-state index in [1.807, 2.05) is 0 Å². The zero-order chi connectivity index (χ0) is 6.97. The Morgan fingerprint density at radius 2 is 2.10 bits per heavy atom. The van der Waals surface area contributed by atoms with Gasteiger partial charge in [-0.15, -0.1) is 34.5 Å². The quantitative estimate of drug-likeness (QED) is 0.480. The van der Waals surface area contributed by atoms with Crippen molar-refractivity contribution in [1.82, 2.24) is 0 Å². The second kappa shape index (κ2) is 1.91. The molecule has 0 unspecified atom stereocenters. The maximum absolute atomic E-state index is 2.16. The molecule has 0 saturated carbocycles. The molecular formula is C10H9-. The smallest absolute Gasteiger partial charge is 0.0740 e. The van der Waals surface area contributed by atoms with Crippen LogP contribution in [0.3, 0.4) is 0 Å². The van der Waals surface area contributed by atoms with Gasteiger partial charge in [0.2, 0.25) is 0 Å². The van der Waals surface area contributed by atoms with E-state index in [1.165, 1.54) is 16.3 Å². The van der Waals surface area contributed by atoms with Gasteiger partial charge in [-0.05, 0) is 0 Å². The first-order valence-corrected chi connectivity index (χ1v) is 3.49. The van der Waals surface area contributed by atoms with Gasteiger partial charge in [-0.25, -0.2) is 0 Å². The molecule has 0 fully saturated rings. The van der Waals surface area contributed by atoms with Crippen molar-refractivity contribution in [1.29, 1.82) is 0 Å². The van der Waals surface area contributed by atoms with Crippen LogP contribution in [0.2, 0.25) is 0 Å². The Kier molecular flexibility index (Phi) is 1.07. The second-order valence-corrected chi connectivity index (χ2v) is 2.60. The number of fused-ring (bicyclic) bond motifs is 1. The molecule has 0 aliphatic rings. The van der Waals surface area contributed by atoms with E-state index >= 15 is 0 Å². The van der Waals surface area contributed by atoms with Crippen molar-refractivity contribution in [2.24, 2.45) is 0 Å². The molecule has 0 aromatic heterocycles. The summed E-state index contributed by atoms with van der Waals surface area (Å²) in [6.45, 7) is 2.14. The van der Waals surface area contributed by atoms with E-state index in [9.17, 15) is 0 Å². The number of benzene rings is 1. The predicted molar refractivity (Wildman–Crippen MR) is 44.3 cm³/mol. The summed E-state index contributed by atoms with van der Waals surface area (Å²) in [4.78, 5) is 0. The average molecular weight is 129 g/mol. The lowest BCUT2D eigenvalue weighted by atomic mass is 10.1. The summed E-state index contributed by atoms with van der Waals surface area (Å²) in [5.41, 5.74) is 1.36. The highest BCUT2D eigenvalue weighted by Gasteiger charge is 1.84. The number of rotatable bonds is 0. The molecule has 50 valence electrons. The van der Waals surface area contributed by atoms with Crippen molar-refractivity contribution >= 4 is 10.8 Å².